The topological polar surface area (TPSA) is 111 Å². The van der Waals surface area contributed by atoms with Crippen molar-refractivity contribution in [3.05, 3.63) is 29.3 Å². The summed E-state index contributed by atoms with van der Waals surface area (Å²) in [6, 6.07) is -1.64. The van der Waals surface area contributed by atoms with E-state index in [1.165, 1.54) is 0 Å². The smallest absolute Gasteiger partial charge is 0.407 e. The average Bonchev–Trinajstić information content (AvgIpc) is 3.01. The van der Waals surface area contributed by atoms with Gasteiger partial charge in [-0.15, -0.1) is 0 Å². The number of halogens is 4. The fourth-order valence-electron chi connectivity index (χ4n) is 4.06. The molecule has 1 rings (SSSR count). The number of hydrogen-bond donors (Lipinski definition) is 1. The van der Waals surface area contributed by atoms with Crippen molar-refractivity contribution < 1.29 is 60.3 Å². The van der Waals surface area contributed by atoms with Crippen LogP contribution in [0.25, 0.3) is 0 Å². The maximum absolute atomic E-state index is 14.2. The summed E-state index contributed by atoms with van der Waals surface area (Å²) in [6.45, 7) is 14.0. The lowest BCUT2D eigenvalue weighted by Crippen LogP contribution is -2.46. The molecular weight excluding hydrogens is 642 g/mol. The predicted octanol–water partition coefficient (Wildman–Crippen LogP) is 7.04. The second-order valence-electron chi connectivity index (χ2n) is 13.3. The molecule has 0 saturated heterocycles. The Balaban J connectivity index is 2.74. The van der Waals surface area contributed by atoms with Crippen LogP contribution in [0.5, 0.6) is 5.75 Å². The zero-order valence-corrected chi connectivity index (χ0v) is 29.9. The molecule has 0 heterocycles. The van der Waals surface area contributed by atoms with Crippen LogP contribution < -0.4 is 10.1 Å². The highest BCUT2D eigenvalue weighted by Gasteiger charge is 2.30. The Kier molecular flexibility index (Phi) is 18.9. The number of benzene rings is 1. The van der Waals surface area contributed by atoms with Gasteiger partial charge in [0.15, 0.2) is 17.7 Å². The van der Waals surface area contributed by atoms with Gasteiger partial charge in [0.2, 0.25) is 17.4 Å². The van der Waals surface area contributed by atoms with E-state index in [2.05, 4.69) is 10.1 Å². The molecule has 1 N–H and O–H groups in total. The zero-order chi connectivity index (χ0) is 36.5. The first kappa shape index (κ1) is 43.5. The summed E-state index contributed by atoms with van der Waals surface area (Å²) in [5.41, 5.74) is -1.31. The second kappa shape index (κ2) is 20.9. The van der Waals surface area contributed by atoms with Crippen molar-refractivity contribution in [3.8, 4) is 5.75 Å². The van der Waals surface area contributed by atoms with Gasteiger partial charge in [0.25, 0.3) is 0 Å². The van der Waals surface area contributed by atoms with E-state index in [-0.39, 0.29) is 36.6 Å². The normalized spacial score (nSPS) is 13.7. The third kappa shape index (κ3) is 16.7. The number of nitrogens with one attached hydrogen (secondary N) is 1. The van der Waals surface area contributed by atoms with Gasteiger partial charge in [-0.3, -0.25) is 0 Å². The first-order chi connectivity index (χ1) is 22.4. The van der Waals surface area contributed by atoms with E-state index in [0.717, 1.165) is 25.7 Å². The van der Waals surface area contributed by atoms with E-state index in [9.17, 15) is 27.2 Å². The van der Waals surface area contributed by atoms with E-state index < -0.39 is 59.3 Å². The molecule has 14 heteroatoms. The van der Waals surface area contributed by atoms with E-state index in [1.807, 2.05) is 48.5 Å². The number of carbonyl (C=O) groups excluding carboxylic acids is 2. The zero-order valence-electron chi connectivity index (χ0n) is 29.9. The van der Waals surface area contributed by atoms with E-state index in [1.54, 1.807) is 14.2 Å². The number of ether oxygens (including phenoxy) is 7. The number of amides is 1. The van der Waals surface area contributed by atoms with E-state index >= 15 is 0 Å². The molecule has 0 spiro atoms. The van der Waals surface area contributed by atoms with Gasteiger partial charge in [0.05, 0.1) is 42.7 Å². The van der Waals surface area contributed by atoms with Gasteiger partial charge in [0, 0.05) is 39.9 Å². The van der Waals surface area contributed by atoms with Gasteiger partial charge in [-0.1, -0.05) is 6.92 Å². The number of esters is 1. The minimum absolute atomic E-state index is 0.0174. The first-order valence-corrected chi connectivity index (χ1v) is 16.3. The van der Waals surface area contributed by atoms with Crippen molar-refractivity contribution in [1.29, 1.82) is 0 Å². The van der Waals surface area contributed by atoms with Gasteiger partial charge in [-0.2, -0.15) is 8.78 Å². The van der Waals surface area contributed by atoms with Crippen LogP contribution >= 0.6 is 0 Å². The Bertz CT molecular complexity index is 1110. The Labute approximate surface area is 282 Å². The van der Waals surface area contributed by atoms with Crippen LogP contribution in [0, 0.1) is 23.3 Å². The minimum atomic E-state index is -1.90. The van der Waals surface area contributed by atoms with Gasteiger partial charge < -0.3 is 38.5 Å². The molecule has 0 fully saturated rings. The largest absolute Gasteiger partial charge is 0.449 e. The second-order valence-corrected chi connectivity index (χ2v) is 13.3. The molecule has 0 aromatic heterocycles. The van der Waals surface area contributed by atoms with E-state index in [0.29, 0.717) is 32.5 Å². The molecule has 1 aromatic rings. The number of rotatable bonds is 24. The molecule has 1 unspecified atom stereocenters. The van der Waals surface area contributed by atoms with Crippen molar-refractivity contribution in [2.24, 2.45) is 0 Å². The lowest BCUT2D eigenvalue weighted by atomic mass is 10.0. The summed E-state index contributed by atoms with van der Waals surface area (Å²) in [6.07, 6.45) is 3.55. The van der Waals surface area contributed by atoms with Gasteiger partial charge in [-0.05, 0) is 80.1 Å². The van der Waals surface area contributed by atoms with Crippen molar-refractivity contribution in [1.82, 2.24) is 5.32 Å². The Morgan fingerprint density at radius 2 is 1.35 bits per heavy atom. The monoisotopic (exact) mass is 697 g/mol. The Morgan fingerprint density at radius 3 is 1.92 bits per heavy atom. The van der Waals surface area contributed by atoms with Crippen molar-refractivity contribution in [3.63, 3.8) is 0 Å². The lowest BCUT2D eigenvalue weighted by Gasteiger charge is -2.28. The van der Waals surface area contributed by atoms with Crippen LogP contribution in [0.4, 0.5) is 22.4 Å². The number of carbonyl (C=O) groups is 2. The summed E-state index contributed by atoms with van der Waals surface area (Å²) >= 11 is 0. The van der Waals surface area contributed by atoms with Gasteiger partial charge in [0.1, 0.15) is 0 Å². The third-order valence-corrected chi connectivity index (χ3v) is 7.95. The highest BCUT2D eigenvalue weighted by atomic mass is 19.2. The van der Waals surface area contributed by atoms with Crippen LogP contribution in [-0.2, 0) is 33.2 Å². The molecule has 278 valence electrons. The van der Waals surface area contributed by atoms with Crippen LogP contribution in [0.1, 0.15) is 93.4 Å². The highest BCUT2D eigenvalue weighted by Crippen LogP contribution is 2.27. The fraction of sp³-hybridized carbons (Fsp3) is 0.765. The Hall–Kier alpha value is -2.52. The van der Waals surface area contributed by atoms with Gasteiger partial charge >= 0.3 is 12.1 Å². The summed E-state index contributed by atoms with van der Waals surface area (Å²) in [4.78, 5) is 25.5. The van der Waals surface area contributed by atoms with Crippen LogP contribution in [0.2, 0.25) is 0 Å². The molecule has 2 atom stereocenters. The number of alkyl carbamates (subject to hydrolysis) is 1. The summed E-state index contributed by atoms with van der Waals surface area (Å²) < 4.78 is 93.8. The third-order valence-electron chi connectivity index (χ3n) is 7.95. The van der Waals surface area contributed by atoms with Crippen molar-refractivity contribution in [2.75, 3.05) is 47.3 Å². The fourth-order valence-corrected chi connectivity index (χ4v) is 4.06. The first-order valence-electron chi connectivity index (χ1n) is 16.3. The molecule has 48 heavy (non-hydrogen) atoms. The molecule has 0 aliphatic heterocycles. The quantitative estimate of drug-likeness (QED) is 0.0400. The van der Waals surface area contributed by atoms with Crippen LogP contribution in [0.15, 0.2) is 6.07 Å². The molecule has 0 bridgehead atoms. The Morgan fingerprint density at radius 1 is 0.792 bits per heavy atom. The standard InChI is InChI=1S/C34H55F4NO9/c1-10-23(45-18-14-32(2,3)42-8)13-11-12-17-44-22-26(30(40)48-29-27(37)24(35)21-25(36)28(29)38)39-31(41)46-19-15-34(6,7)47-20-16-33(4,5)43-9/h21,23,26H,10-20,22H2,1-9H3,(H,39,41)/t23?,26-/m0/s1. The molecule has 0 aliphatic carbocycles. The minimum Gasteiger partial charge on any atom is -0.449 e. The molecule has 1 aromatic carbocycles. The predicted molar refractivity (Wildman–Crippen MR) is 171 cm³/mol. The number of unbranched alkanes of at least 4 members (excludes halogenated alkanes) is 1. The highest BCUT2D eigenvalue weighted by molar-refractivity contribution is 5.83. The summed E-state index contributed by atoms with van der Waals surface area (Å²) in [5.74, 6) is -10.3. The molecular formula is C34H55F4NO9. The number of methoxy groups -OCH3 is 2. The maximum Gasteiger partial charge on any atom is 0.407 e. The van der Waals surface area contributed by atoms with Gasteiger partial charge in [-0.25, -0.2) is 18.4 Å². The molecule has 0 radical (unpaired) electrons. The molecule has 1 amide bonds. The number of hydrogen-bond acceptors (Lipinski definition) is 9. The molecule has 10 nitrogen and oxygen atoms in total. The van der Waals surface area contributed by atoms with Crippen molar-refractivity contribution in [2.45, 2.75) is 122 Å². The van der Waals surface area contributed by atoms with Crippen LogP contribution in [0.3, 0.4) is 0 Å². The average molecular weight is 698 g/mol. The van der Waals surface area contributed by atoms with Crippen LogP contribution in [-0.4, -0.2) is 88.3 Å². The van der Waals surface area contributed by atoms with Crippen molar-refractivity contribution >= 4 is 12.1 Å². The maximum atomic E-state index is 14.2. The summed E-state index contributed by atoms with van der Waals surface area (Å²) in [7, 11) is 3.27. The molecule has 0 aliphatic rings. The summed E-state index contributed by atoms with van der Waals surface area (Å²) in [5, 5.41) is 2.24. The lowest BCUT2D eigenvalue weighted by molar-refractivity contribution is -0.138. The molecule has 0 saturated carbocycles. The van der Waals surface area contributed by atoms with E-state index in [4.69, 9.17) is 28.4 Å². The SMILES string of the molecule is CCC(CCCCOC[C@H](NC(=O)OCCC(C)(C)OCCC(C)(C)OC)C(=O)Oc1c(F)c(F)cc(F)c1F)OCCC(C)(C)OC.